The van der Waals surface area contributed by atoms with Crippen LogP contribution in [0.5, 0.6) is 0 Å². The van der Waals surface area contributed by atoms with E-state index in [2.05, 4.69) is 26.0 Å². The first kappa shape index (κ1) is 18.1. The standard InChI is InChI=1S/C14H16BrFN2O4/c1-3-8(2)17-14(21)18-12(19)7-22-13(20)10-5-4-9(15)6-11(10)16/h4-6,8H,3,7H2,1-2H3,(H2,17,18,19,21)/t8-/m1/s1. The van der Waals surface area contributed by atoms with Gasteiger partial charge in [-0.15, -0.1) is 0 Å². The number of hydrogen-bond acceptors (Lipinski definition) is 4. The molecule has 8 heteroatoms. The molecule has 2 N–H and O–H groups in total. The third kappa shape index (κ3) is 5.80. The van der Waals surface area contributed by atoms with Crippen LogP contribution in [0.2, 0.25) is 0 Å². The van der Waals surface area contributed by atoms with Crippen molar-refractivity contribution in [1.82, 2.24) is 10.6 Å². The smallest absolute Gasteiger partial charge is 0.341 e. The van der Waals surface area contributed by atoms with Crippen LogP contribution < -0.4 is 10.6 Å². The highest BCUT2D eigenvalue weighted by molar-refractivity contribution is 9.10. The Morgan fingerprint density at radius 1 is 1.36 bits per heavy atom. The number of benzene rings is 1. The molecule has 0 aliphatic carbocycles. The molecule has 1 aromatic rings. The fourth-order valence-corrected chi connectivity index (χ4v) is 1.72. The molecule has 0 aliphatic heterocycles. The summed E-state index contributed by atoms with van der Waals surface area (Å²) >= 11 is 3.06. The summed E-state index contributed by atoms with van der Waals surface area (Å²) in [7, 11) is 0. The molecule has 0 fully saturated rings. The summed E-state index contributed by atoms with van der Waals surface area (Å²) in [5.74, 6) is -2.55. The van der Waals surface area contributed by atoms with Crippen molar-refractivity contribution in [1.29, 1.82) is 0 Å². The van der Waals surface area contributed by atoms with E-state index in [-0.39, 0.29) is 11.6 Å². The molecule has 0 radical (unpaired) electrons. The first-order valence-electron chi connectivity index (χ1n) is 6.56. The van der Waals surface area contributed by atoms with Crippen LogP contribution in [0.4, 0.5) is 9.18 Å². The molecule has 3 amide bonds. The summed E-state index contributed by atoms with van der Waals surface area (Å²) < 4.78 is 18.7. The lowest BCUT2D eigenvalue weighted by molar-refractivity contribution is -0.123. The summed E-state index contributed by atoms with van der Waals surface area (Å²) in [6.45, 7) is 2.98. The van der Waals surface area contributed by atoms with Crippen LogP contribution >= 0.6 is 15.9 Å². The number of urea groups is 1. The fourth-order valence-electron chi connectivity index (χ4n) is 1.39. The molecular weight excluding hydrogens is 359 g/mol. The molecule has 120 valence electrons. The molecular formula is C14H16BrFN2O4. The van der Waals surface area contributed by atoms with Crippen molar-refractivity contribution in [3.05, 3.63) is 34.1 Å². The summed E-state index contributed by atoms with van der Waals surface area (Å²) in [6.07, 6.45) is 0.708. The number of amides is 3. The van der Waals surface area contributed by atoms with Gasteiger partial charge in [-0.1, -0.05) is 22.9 Å². The van der Waals surface area contributed by atoms with Crippen LogP contribution in [-0.4, -0.2) is 30.6 Å². The van der Waals surface area contributed by atoms with Crippen molar-refractivity contribution in [3.8, 4) is 0 Å². The molecule has 0 spiro atoms. The van der Waals surface area contributed by atoms with Crippen molar-refractivity contribution in [3.63, 3.8) is 0 Å². The van der Waals surface area contributed by atoms with Crippen LogP contribution in [0.15, 0.2) is 22.7 Å². The van der Waals surface area contributed by atoms with Crippen molar-refractivity contribution in [2.75, 3.05) is 6.61 Å². The maximum Gasteiger partial charge on any atom is 0.341 e. The molecule has 0 bridgehead atoms. The third-order valence-electron chi connectivity index (χ3n) is 2.73. The van der Waals surface area contributed by atoms with Crippen molar-refractivity contribution < 1.29 is 23.5 Å². The van der Waals surface area contributed by atoms with E-state index in [0.29, 0.717) is 10.9 Å². The third-order valence-corrected chi connectivity index (χ3v) is 3.22. The molecule has 1 rings (SSSR count). The number of imide groups is 1. The number of ether oxygens (including phenoxy) is 1. The van der Waals surface area contributed by atoms with Gasteiger partial charge < -0.3 is 10.1 Å². The van der Waals surface area contributed by atoms with E-state index in [1.54, 1.807) is 6.92 Å². The van der Waals surface area contributed by atoms with Gasteiger partial charge in [0.25, 0.3) is 5.91 Å². The largest absolute Gasteiger partial charge is 0.452 e. The van der Waals surface area contributed by atoms with Crippen LogP contribution in [0.25, 0.3) is 0 Å². The quantitative estimate of drug-likeness (QED) is 0.774. The summed E-state index contributed by atoms with van der Waals surface area (Å²) in [6, 6.07) is 3.04. The van der Waals surface area contributed by atoms with Crippen LogP contribution in [0.1, 0.15) is 30.6 Å². The van der Waals surface area contributed by atoms with E-state index in [0.717, 1.165) is 6.07 Å². The van der Waals surface area contributed by atoms with E-state index < -0.39 is 30.3 Å². The van der Waals surface area contributed by atoms with Gasteiger partial charge in [0.15, 0.2) is 6.61 Å². The maximum atomic E-state index is 13.5. The molecule has 0 saturated carbocycles. The molecule has 6 nitrogen and oxygen atoms in total. The fraction of sp³-hybridized carbons (Fsp3) is 0.357. The van der Waals surface area contributed by atoms with E-state index in [1.165, 1.54) is 12.1 Å². The van der Waals surface area contributed by atoms with E-state index in [1.807, 2.05) is 12.2 Å². The highest BCUT2D eigenvalue weighted by Crippen LogP contribution is 2.15. The Morgan fingerprint density at radius 3 is 2.64 bits per heavy atom. The molecule has 1 aromatic carbocycles. The number of carbonyl (C=O) groups is 3. The molecule has 1 atom stereocenters. The Bertz CT molecular complexity index is 580. The van der Waals surface area contributed by atoms with E-state index in [9.17, 15) is 18.8 Å². The summed E-state index contributed by atoms with van der Waals surface area (Å²) in [5.41, 5.74) is -0.292. The number of rotatable bonds is 5. The van der Waals surface area contributed by atoms with Gasteiger partial charge in [-0.3, -0.25) is 10.1 Å². The second kappa shape index (κ2) is 8.47. The number of halogens is 2. The minimum atomic E-state index is -0.984. The van der Waals surface area contributed by atoms with Gasteiger partial charge in [0.1, 0.15) is 5.82 Å². The van der Waals surface area contributed by atoms with Gasteiger partial charge in [0.05, 0.1) is 5.56 Å². The average Bonchev–Trinajstić information content (AvgIpc) is 2.44. The van der Waals surface area contributed by atoms with E-state index >= 15 is 0 Å². The topological polar surface area (TPSA) is 84.5 Å². The van der Waals surface area contributed by atoms with Crippen LogP contribution in [0, 0.1) is 5.82 Å². The van der Waals surface area contributed by atoms with Gasteiger partial charge in [-0.25, -0.2) is 14.0 Å². The zero-order valence-corrected chi connectivity index (χ0v) is 13.7. The minimum Gasteiger partial charge on any atom is -0.452 e. The lowest BCUT2D eigenvalue weighted by Crippen LogP contribution is -2.44. The first-order chi connectivity index (χ1) is 10.3. The minimum absolute atomic E-state index is 0.0905. The van der Waals surface area contributed by atoms with E-state index in [4.69, 9.17) is 0 Å². The summed E-state index contributed by atoms with van der Waals surface area (Å²) in [5, 5.41) is 4.53. The van der Waals surface area contributed by atoms with Crippen molar-refractivity contribution >= 4 is 33.8 Å². The van der Waals surface area contributed by atoms with Crippen LogP contribution in [0.3, 0.4) is 0 Å². The Hall–Kier alpha value is -1.96. The average molecular weight is 375 g/mol. The normalized spacial score (nSPS) is 11.5. The Morgan fingerprint density at radius 2 is 2.05 bits per heavy atom. The predicted octanol–water partition coefficient (Wildman–Crippen LogP) is 2.37. The number of nitrogens with one attached hydrogen (secondary N) is 2. The summed E-state index contributed by atoms with van der Waals surface area (Å²) in [4.78, 5) is 34.5. The van der Waals surface area contributed by atoms with Crippen molar-refractivity contribution in [2.45, 2.75) is 26.3 Å². The van der Waals surface area contributed by atoms with Gasteiger partial charge in [-0.05, 0) is 31.5 Å². The monoisotopic (exact) mass is 374 g/mol. The van der Waals surface area contributed by atoms with Gasteiger partial charge >= 0.3 is 12.0 Å². The lowest BCUT2D eigenvalue weighted by Gasteiger charge is -2.11. The second-order valence-electron chi connectivity index (χ2n) is 4.53. The van der Waals surface area contributed by atoms with Crippen LogP contribution in [-0.2, 0) is 9.53 Å². The number of hydrogen-bond donors (Lipinski definition) is 2. The lowest BCUT2D eigenvalue weighted by atomic mass is 10.2. The SMILES string of the molecule is CC[C@@H](C)NC(=O)NC(=O)COC(=O)c1ccc(Br)cc1F. The maximum absolute atomic E-state index is 13.5. The number of esters is 1. The van der Waals surface area contributed by atoms with Gasteiger partial charge in [-0.2, -0.15) is 0 Å². The molecule has 0 unspecified atom stereocenters. The van der Waals surface area contributed by atoms with Crippen molar-refractivity contribution in [2.24, 2.45) is 0 Å². The molecule has 0 heterocycles. The Kier molecular flexibility index (Phi) is 6.97. The molecule has 0 aromatic heterocycles. The predicted molar refractivity (Wildman–Crippen MR) is 80.8 cm³/mol. The number of carbonyl (C=O) groups excluding carboxylic acids is 3. The molecule has 0 aliphatic rings. The first-order valence-corrected chi connectivity index (χ1v) is 7.35. The highest BCUT2D eigenvalue weighted by Gasteiger charge is 2.16. The zero-order valence-electron chi connectivity index (χ0n) is 12.1. The second-order valence-corrected chi connectivity index (χ2v) is 5.45. The highest BCUT2D eigenvalue weighted by atomic mass is 79.9. The Balaban J connectivity index is 2.46. The Labute approximate surface area is 135 Å². The van der Waals surface area contributed by atoms with Gasteiger partial charge in [0, 0.05) is 10.5 Å². The molecule has 0 saturated heterocycles. The van der Waals surface area contributed by atoms with Gasteiger partial charge in [0.2, 0.25) is 0 Å². The molecule has 22 heavy (non-hydrogen) atoms. The zero-order chi connectivity index (χ0) is 16.7.